The lowest BCUT2D eigenvalue weighted by Gasteiger charge is -2.27. The molecule has 20 heteroatoms. The van der Waals surface area contributed by atoms with E-state index in [1.165, 1.54) is 0 Å². The highest BCUT2D eigenvalue weighted by molar-refractivity contribution is 7.85. The van der Waals surface area contributed by atoms with Gasteiger partial charge in [0.05, 0.1) is 5.41 Å². The molecule has 0 radical (unpaired) electrons. The number of rotatable bonds is 22. The fraction of sp³-hybridized carbons (Fsp3) is 0.556. The van der Waals surface area contributed by atoms with Gasteiger partial charge >= 0.3 is 12.0 Å². The van der Waals surface area contributed by atoms with Gasteiger partial charge in [0.25, 0.3) is 21.9 Å². The van der Waals surface area contributed by atoms with Crippen LogP contribution in [0.3, 0.4) is 0 Å². The number of hydrogen-bond donors (Lipinski definition) is 7. The second-order valence-electron chi connectivity index (χ2n) is 14.6. The summed E-state index contributed by atoms with van der Waals surface area (Å²) in [6.45, 7) is 8.57. The molecular weight excluding hydrogens is 754 g/mol. The molecule has 1 aliphatic rings. The van der Waals surface area contributed by atoms with E-state index in [1.807, 2.05) is 0 Å². The lowest BCUT2D eigenvalue weighted by molar-refractivity contribution is -0.154. The Morgan fingerprint density at radius 3 is 2.02 bits per heavy atom. The number of ether oxygens (including phenoxy) is 1. The molecule has 1 heterocycles. The van der Waals surface area contributed by atoms with Gasteiger partial charge in [-0.25, -0.2) is 4.79 Å². The summed E-state index contributed by atoms with van der Waals surface area (Å²) in [7, 11) is -4.80. The van der Waals surface area contributed by atoms with Crippen molar-refractivity contribution in [2.45, 2.75) is 97.9 Å². The van der Waals surface area contributed by atoms with Gasteiger partial charge in [0, 0.05) is 37.3 Å². The van der Waals surface area contributed by atoms with E-state index in [4.69, 9.17) is 10.5 Å². The highest BCUT2D eigenvalue weighted by Gasteiger charge is 2.33. The van der Waals surface area contributed by atoms with Crippen molar-refractivity contribution in [2.24, 2.45) is 17.1 Å². The van der Waals surface area contributed by atoms with E-state index in [2.05, 4.69) is 26.6 Å². The summed E-state index contributed by atoms with van der Waals surface area (Å²) in [5, 5.41) is 12.4. The zero-order chi connectivity index (χ0) is 42.2. The van der Waals surface area contributed by atoms with Crippen LogP contribution in [0.15, 0.2) is 36.4 Å². The highest BCUT2D eigenvalue weighted by Crippen LogP contribution is 2.18. The Hall–Kier alpha value is -5.37. The number of unbranched alkanes of at least 4 members (excludes halogenated alkanes) is 2. The van der Waals surface area contributed by atoms with Gasteiger partial charge in [-0.2, -0.15) is 8.42 Å². The maximum Gasteiger partial charge on any atom is 0.312 e. The molecule has 310 valence electrons. The van der Waals surface area contributed by atoms with Gasteiger partial charge in [-0.15, -0.1) is 0 Å². The summed E-state index contributed by atoms with van der Waals surface area (Å²) in [5.41, 5.74) is 5.46. The van der Waals surface area contributed by atoms with Crippen LogP contribution in [0.4, 0.5) is 10.5 Å². The topological polar surface area (TPSA) is 290 Å². The molecule has 0 bridgehead atoms. The van der Waals surface area contributed by atoms with E-state index < -0.39 is 86.8 Å². The fourth-order valence-electron chi connectivity index (χ4n) is 5.16. The van der Waals surface area contributed by atoms with Crippen molar-refractivity contribution >= 4 is 63.2 Å². The van der Waals surface area contributed by atoms with Crippen molar-refractivity contribution in [3.63, 3.8) is 0 Å². The molecule has 0 saturated carbocycles. The molecule has 0 aromatic heterocycles. The average Bonchev–Trinajstić information content (AvgIpc) is 3.41. The third-order valence-corrected chi connectivity index (χ3v) is 9.02. The van der Waals surface area contributed by atoms with Gasteiger partial charge in [0.15, 0.2) is 0 Å². The van der Waals surface area contributed by atoms with E-state index in [-0.39, 0.29) is 51.3 Å². The van der Waals surface area contributed by atoms with Crippen LogP contribution in [0.2, 0.25) is 0 Å². The van der Waals surface area contributed by atoms with Crippen LogP contribution in [-0.4, -0.2) is 102 Å². The molecule has 0 saturated heterocycles. The van der Waals surface area contributed by atoms with Crippen molar-refractivity contribution in [1.29, 1.82) is 0 Å². The molecule has 0 fully saturated rings. The van der Waals surface area contributed by atoms with E-state index >= 15 is 0 Å². The summed E-state index contributed by atoms with van der Waals surface area (Å²) in [4.78, 5) is 101. The van der Waals surface area contributed by atoms with Crippen molar-refractivity contribution in [1.82, 2.24) is 26.2 Å². The number of nitrogens with zero attached hydrogens (tertiary/aromatic N) is 1. The summed E-state index contributed by atoms with van der Waals surface area (Å²) >= 11 is 0. The molecule has 19 nitrogen and oxygen atoms in total. The number of anilines is 1. The third kappa shape index (κ3) is 17.0. The number of benzene rings is 1. The predicted molar refractivity (Wildman–Crippen MR) is 203 cm³/mol. The number of nitrogens with two attached hydrogens (primary N) is 1. The largest absolute Gasteiger partial charge is 0.460 e. The molecule has 8 N–H and O–H groups in total. The minimum Gasteiger partial charge on any atom is -0.460 e. The predicted octanol–water partition coefficient (Wildman–Crippen LogP) is 0.647. The van der Waals surface area contributed by atoms with Crippen LogP contribution < -0.4 is 32.3 Å². The first-order chi connectivity index (χ1) is 26.1. The number of nitrogens with one attached hydrogen (secondary N) is 5. The lowest BCUT2D eigenvalue weighted by atomic mass is 9.97. The number of carbonyl (C=O) groups excluding carboxylic acids is 8. The van der Waals surface area contributed by atoms with Gasteiger partial charge in [-0.3, -0.25) is 43.0 Å². The monoisotopic (exact) mass is 807 g/mol. The second-order valence-corrected chi connectivity index (χ2v) is 16.1. The van der Waals surface area contributed by atoms with Gasteiger partial charge in [-0.1, -0.05) is 32.4 Å². The lowest BCUT2D eigenvalue weighted by Crippen LogP contribution is -2.59. The van der Waals surface area contributed by atoms with Gasteiger partial charge in [-0.05, 0) is 70.1 Å². The number of carbonyl (C=O) groups is 8. The smallest absolute Gasteiger partial charge is 0.312 e. The van der Waals surface area contributed by atoms with E-state index in [9.17, 15) is 51.3 Å². The molecule has 8 amide bonds. The highest BCUT2D eigenvalue weighted by atomic mass is 32.2. The molecule has 3 atom stereocenters. The molecule has 1 unspecified atom stereocenters. The van der Waals surface area contributed by atoms with E-state index in [1.54, 1.807) is 58.9 Å². The molecule has 56 heavy (non-hydrogen) atoms. The van der Waals surface area contributed by atoms with Crippen molar-refractivity contribution in [2.75, 3.05) is 24.2 Å². The molecule has 1 aliphatic heterocycles. The summed E-state index contributed by atoms with van der Waals surface area (Å²) in [6.07, 6.45) is 3.46. The molecule has 2 rings (SSSR count). The van der Waals surface area contributed by atoms with Crippen LogP contribution in [0.1, 0.15) is 78.7 Å². The maximum absolute atomic E-state index is 13.6. The van der Waals surface area contributed by atoms with Crippen molar-refractivity contribution in [3.05, 3.63) is 42.0 Å². The molecular formula is C36H53N7O12S. The molecule has 1 aromatic rings. The standard InChI is InChI=1S/C36H53N7O12S/c1-22(2)30(42-32(48)26(21-56(52,53)54)40-27(44)11-7-6-8-19-43-28(45)16-17-29(43)46)33(49)41-25(10-9-18-38-35(37)51)31(47)39-24-14-12-23(13-15-24)20-55-34(50)36(3,4)5/h12-17,22,25-26,30H,6-11,18-21H2,1-5H3,(H,39,47)(H,40,44)(H,41,49)(H,42,48)(H3,37,38,51)(H,52,53,54)/t25-,26-,30?/m1/s1. The van der Waals surface area contributed by atoms with Crippen LogP contribution in [-0.2, 0) is 55.0 Å². The van der Waals surface area contributed by atoms with Crippen LogP contribution >= 0.6 is 0 Å². The molecule has 1 aromatic carbocycles. The number of esters is 1. The van der Waals surface area contributed by atoms with E-state index in [0.29, 0.717) is 24.1 Å². The van der Waals surface area contributed by atoms with Crippen molar-refractivity contribution in [3.8, 4) is 0 Å². The first kappa shape index (κ1) is 46.8. The average molecular weight is 808 g/mol. The SMILES string of the molecule is CC(C)C(NC(=O)[C@@H](CS(=O)(=O)O)NC(=O)CCCCCN1C(=O)C=CC1=O)C(=O)N[C@H](CCCNC(N)=O)C(=O)Nc1ccc(COC(=O)C(C)(C)C)cc1. The fourth-order valence-corrected chi connectivity index (χ4v) is 5.82. The number of urea groups is 1. The zero-order valence-electron chi connectivity index (χ0n) is 32.2. The summed E-state index contributed by atoms with van der Waals surface area (Å²) in [6, 6.07) is 1.30. The minimum atomic E-state index is -4.80. The Balaban J connectivity index is 2.09. The number of hydrogen-bond acceptors (Lipinski definition) is 11. The maximum atomic E-state index is 13.6. The number of primary amides is 1. The van der Waals surface area contributed by atoms with Gasteiger partial charge in [0.2, 0.25) is 23.6 Å². The molecule has 0 spiro atoms. The summed E-state index contributed by atoms with van der Waals surface area (Å²) in [5.74, 6) is -6.36. The summed E-state index contributed by atoms with van der Waals surface area (Å²) < 4.78 is 38.4. The Morgan fingerprint density at radius 1 is 0.839 bits per heavy atom. The van der Waals surface area contributed by atoms with Crippen LogP contribution in [0, 0.1) is 11.3 Å². The zero-order valence-corrected chi connectivity index (χ0v) is 33.0. The first-order valence-corrected chi connectivity index (χ1v) is 19.7. The van der Waals surface area contributed by atoms with Gasteiger partial charge in [0.1, 0.15) is 30.5 Å². The Morgan fingerprint density at radius 2 is 1.46 bits per heavy atom. The van der Waals surface area contributed by atoms with Crippen LogP contribution in [0.25, 0.3) is 0 Å². The normalized spacial score (nSPS) is 14.4. The first-order valence-electron chi connectivity index (χ1n) is 18.1. The van der Waals surface area contributed by atoms with Crippen LogP contribution in [0.5, 0.6) is 0 Å². The Bertz CT molecular complexity index is 1720. The third-order valence-electron chi connectivity index (χ3n) is 8.27. The minimum absolute atomic E-state index is 0.0122. The van der Waals surface area contributed by atoms with Crippen molar-refractivity contribution < 1.29 is 56.1 Å². The Labute approximate surface area is 326 Å². The Kier molecular flexibility index (Phi) is 18.1. The molecule has 0 aliphatic carbocycles. The van der Waals surface area contributed by atoms with Gasteiger partial charge < -0.3 is 37.1 Å². The quantitative estimate of drug-likeness (QED) is 0.0368. The van der Waals surface area contributed by atoms with E-state index in [0.717, 1.165) is 17.1 Å². The number of imide groups is 1. The second kappa shape index (κ2) is 21.6. The number of amides is 8.